The fourth-order valence-corrected chi connectivity index (χ4v) is 4.11. The molecule has 0 spiro atoms. The van der Waals surface area contributed by atoms with Crippen molar-refractivity contribution in [2.24, 2.45) is 0 Å². The maximum atomic E-state index is 12.6. The summed E-state index contributed by atoms with van der Waals surface area (Å²) in [6, 6.07) is 0. The van der Waals surface area contributed by atoms with Gasteiger partial charge >= 0.3 is 0 Å². The molecule has 3 rings (SSSR count). The maximum absolute atomic E-state index is 12.6. The number of carbonyl (C=O) groups is 2. The summed E-state index contributed by atoms with van der Waals surface area (Å²) in [6.45, 7) is 8.34. The van der Waals surface area contributed by atoms with Crippen molar-refractivity contribution in [1.29, 1.82) is 0 Å². The van der Waals surface area contributed by atoms with Crippen LogP contribution in [0.3, 0.4) is 0 Å². The van der Waals surface area contributed by atoms with Gasteiger partial charge < -0.3 is 20.3 Å². The zero-order valence-corrected chi connectivity index (χ0v) is 17.0. The van der Waals surface area contributed by atoms with E-state index in [9.17, 15) is 14.4 Å². The largest absolute Gasteiger partial charge is 0.370 e. The third-order valence-corrected chi connectivity index (χ3v) is 6.03. The predicted octanol–water partition coefficient (Wildman–Crippen LogP) is -1.78. The van der Waals surface area contributed by atoms with Crippen LogP contribution >= 0.6 is 11.3 Å². The van der Waals surface area contributed by atoms with Gasteiger partial charge in [0.15, 0.2) is 0 Å². The van der Waals surface area contributed by atoms with Crippen molar-refractivity contribution in [3.05, 3.63) is 27.1 Å². The summed E-state index contributed by atoms with van der Waals surface area (Å²) in [5.74, 6) is -0.645. The molecule has 0 aromatic carbocycles. The van der Waals surface area contributed by atoms with Gasteiger partial charge in [0, 0.05) is 4.88 Å². The standard InChI is InChI=1S/C18H25N5O4S/c1-12-13(2)28-17-16(12)18(26)23(11-21-17)10-15(25)20-9-14(24)19-3-4-22-5-7-27-8-6-22/h11H,3-10H2,1-2H3,(H,19,24)(H,20,25)/p+1. The topological polar surface area (TPSA) is 107 Å². The summed E-state index contributed by atoms with van der Waals surface area (Å²) in [7, 11) is 0. The monoisotopic (exact) mass is 408 g/mol. The molecule has 2 aromatic heterocycles. The molecule has 1 aliphatic rings. The van der Waals surface area contributed by atoms with Gasteiger partial charge in [0.25, 0.3) is 5.56 Å². The number of nitrogens with zero attached hydrogens (tertiary/aromatic N) is 2. The van der Waals surface area contributed by atoms with E-state index >= 15 is 0 Å². The molecule has 0 unspecified atom stereocenters. The summed E-state index contributed by atoms with van der Waals surface area (Å²) in [4.78, 5) is 44.0. The van der Waals surface area contributed by atoms with Crippen molar-refractivity contribution in [3.8, 4) is 0 Å². The molecule has 28 heavy (non-hydrogen) atoms. The van der Waals surface area contributed by atoms with Crippen molar-refractivity contribution in [2.75, 3.05) is 45.9 Å². The number of aryl methyl sites for hydroxylation is 2. The van der Waals surface area contributed by atoms with E-state index in [1.807, 2.05) is 13.8 Å². The van der Waals surface area contributed by atoms with Crippen LogP contribution < -0.4 is 21.1 Å². The van der Waals surface area contributed by atoms with Gasteiger partial charge in [0.05, 0.1) is 44.6 Å². The molecule has 0 atom stereocenters. The molecule has 2 amide bonds. The first kappa shape index (κ1) is 20.4. The number of fused-ring (bicyclic) bond motifs is 1. The molecule has 1 saturated heterocycles. The average molecular weight is 409 g/mol. The highest BCUT2D eigenvalue weighted by Gasteiger charge is 2.15. The Balaban J connectivity index is 1.45. The molecular weight excluding hydrogens is 382 g/mol. The van der Waals surface area contributed by atoms with E-state index in [4.69, 9.17) is 4.74 Å². The molecule has 0 radical (unpaired) electrons. The quantitative estimate of drug-likeness (QED) is 0.502. The van der Waals surface area contributed by atoms with Crippen molar-refractivity contribution in [3.63, 3.8) is 0 Å². The number of carbonyl (C=O) groups excluding carboxylic acids is 2. The molecule has 1 aliphatic heterocycles. The van der Waals surface area contributed by atoms with E-state index in [0.717, 1.165) is 43.3 Å². The van der Waals surface area contributed by atoms with Crippen LogP contribution in [0, 0.1) is 13.8 Å². The second-order valence-corrected chi connectivity index (χ2v) is 8.08. The zero-order valence-electron chi connectivity index (χ0n) is 16.2. The van der Waals surface area contributed by atoms with Gasteiger partial charge in [-0.15, -0.1) is 11.3 Å². The van der Waals surface area contributed by atoms with E-state index < -0.39 is 5.91 Å². The van der Waals surface area contributed by atoms with Crippen molar-refractivity contribution in [2.45, 2.75) is 20.4 Å². The van der Waals surface area contributed by atoms with Crippen LogP contribution in [0.4, 0.5) is 0 Å². The lowest BCUT2D eigenvalue weighted by atomic mass is 10.2. The fourth-order valence-electron chi connectivity index (χ4n) is 3.12. The molecule has 3 N–H and O–H groups in total. The van der Waals surface area contributed by atoms with Gasteiger partial charge in [-0.1, -0.05) is 0 Å². The number of morpholine rings is 1. The molecule has 1 fully saturated rings. The Hall–Kier alpha value is -2.30. The van der Waals surface area contributed by atoms with Gasteiger partial charge in [-0.25, -0.2) is 4.98 Å². The van der Waals surface area contributed by atoms with Gasteiger partial charge in [-0.3, -0.25) is 19.0 Å². The number of hydrogen-bond acceptors (Lipinski definition) is 6. The van der Waals surface area contributed by atoms with E-state index in [2.05, 4.69) is 15.6 Å². The zero-order chi connectivity index (χ0) is 20.1. The molecule has 0 aliphatic carbocycles. The van der Waals surface area contributed by atoms with Gasteiger partial charge in [-0.05, 0) is 19.4 Å². The lowest BCUT2D eigenvalue weighted by molar-refractivity contribution is -0.906. The SMILES string of the molecule is Cc1sc2ncn(CC(=O)NCC(=O)NCC[NH+]3CCOCC3)c(=O)c2c1C. The third-order valence-electron chi connectivity index (χ3n) is 4.92. The highest BCUT2D eigenvalue weighted by Crippen LogP contribution is 2.25. The highest BCUT2D eigenvalue weighted by atomic mass is 32.1. The van der Waals surface area contributed by atoms with Crippen molar-refractivity contribution in [1.82, 2.24) is 20.2 Å². The first-order chi connectivity index (χ1) is 13.5. The van der Waals surface area contributed by atoms with E-state index in [1.165, 1.54) is 27.1 Å². The molecule has 2 aromatic rings. The fraction of sp³-hybridized carbons (Fsp3) is 0.556. The Morgan fingerprint density at radius 1 is 1.25 bits per heavy atom. The molecule has 3 heterocycles. The lowest BCUT2D eigenvalue weighted by Crippen LogP contribution is -3.14. The Bertz CT molecular complexity index is 917. The first-order valence-electron chi connectivity index (χ1n) is 9.35. The van der Waals surface area contributed by atoms with Crippen LogP contribution in [0.2, 0.25) is 0 Å². The normalized spacial score (nSPS) is 14.9. The summed E-state index contributed by atoms with van der Waals surface area (Å²) in [5, 5.41) is 5.91. The van der Waals surface area contributed by atoms with Crippen LogP contribution in [0.1, 0.15) is 10.4 Å². The molecule has 0 saturated carbocycles. The smallest absolute Gasteiger partial charge is 0.262 e. The highest BCUT2D eigenvalue weighted by molar-refractivity contribution is 7.18. The van der Waals surface area contributed by atoms with Crippen LogP contribution in [-0.2, 0) is 20.9 Å². The molecule has 9 nitrogen and oxygen atoms in total. The number of thiophene rings is 1. The Morgan fingerprint density at radius 2 is 2.00 bits per heavy atom. The predicted molar refractivity (Wildman–Crippen MR) is 106 cm³/mol. The minimum Gasteiger partial charge on any atom is -0.370 e. The maximum Gasteiger partial charge on any atom is 0.262 e. The second-order valence-electron chi connectivity index (χ2n) is 6.88. The number of ether oxygens (including phenoxy) is 1. The van der Waals surface area contributed by atoms with Crippen LogP contribution in [-0.4, -0.2) is 67.3 Å². The van der Waals surface area contributed by atoms with Crippen LogP contribution in [0.25, 0.3) is 10.2 Å². The van der Waals surface area contributed by atoms with E-state index in [1.54, 1.807) is 0 Å². The number of hydrogen-bond donors (Lipinski definition) is 3. The van der Waals surface area contributed by atoms with Crippen molar-refractivity contribution < 1.29 is 19.2 Å². The van der Waals surface area contributed by atoms with Crippen LogP contribution in [0.5, 0.6) is 0 Å². The van der Waals surface area contributed by atoms with E-state index in [0.29, 0.717) is 16.8 Å². The Labute approximate surface area is 166 Å². The Morgan fingerprint density at radius 3 is 2.75 bits per heavy atom. The van der Waals surface area contributed by atoms with Crippen molar-refractivity contribution >= 4 is 33.4 Å². The number of quaternary nitrogens is 1. The van der Waals surface area contributed by atoms with E-state index in [-0.39, 0.29) is 24.6 Å². The minimum absolute atomic E-state index is 0.113. The molecular formula is C18H26N5O4S+. The molecule has 0 bridgehead atoms. The van der Waals surface area contributed by atoms with Gasteiger partial charge in [-0.2, -0.15) is 0 Å². The number of rotatable bonds is 7. The molecule has 10 heteroatoms. The average Bonchev–Trinajstić information content (AvgIpc) is 2.98. The molecule has 152 valence electrons. The summed E-state index contributed by atoms with van der Waals surface area (Å²) in [5.41, 5.74) is 0.661. The summed E-state index contributed by atoms with van der Waals surface area (Å²) < 4.78 is 6.57. The number of amides is 2. The first-order valence-corrected chi connectivity index (χ1v) is 10.2. The summed E-state index contributed by atoms with van der Waals surface area (Å²) >= 11 is 1.47. The Kier molecular flexibility index (Phi) is 6.76. The number of nitrogens with one attached hydrogen (secondary N) is 3. The number of aromatic nitrogens is 2. The lowest BCUT2D eigenvalue weighted by Gasteiger charge is -2.23. The minimum atomic E-state index is -0.401. The summed E-state index contributed by atoms with van der Waals surface area (Å²) in [6.07, 6.45) is 1.38. The van der Waals surface area contributed by atoms with Crippen LogP contribution in [0.15, 0.2) is 11.1 Å². The van der Waals surface area contributed by atoms with Gasteiger partial charge in [0.2, 0.25) is 11.8 Å². The third kappa shape index (κ3) is 4.94. The van der Waals surface area contributed by atoms with Gasteiger partial charge in [0.1, 0.15) is 24.5 Å². The second kappa shape index (κ2) is 9.26.